The highest BCUT2D eigenvalue weighted by Gasteiger charge is 2.30. The monoisotopic (exact) mass is 689 g/mol. The van der Waals surface area contributed by atoms with Crippen molar-refractivity contribution in [2.75, 3.05) is 26.2 Å². The number of nitrogens with zero attached hydrogens (tertiary/aromatic N) is 4. The maximum atomic E-state index is 14.7. The van der Waals surface area contributed by atoms with Crippen molar-refractivity contribution in [3.8, 4) is 11.1 Å². The lowest BCUT2D eigenvalue weighted by atomic mass is 9.98. The first-order chi connectivity index (χ1) is 26.7. The molecular formula is C37H40F4N4O2S. The quantitative estimate of drug-likeness (QED) is 0.0826. The van der Waals surface area contributed by atoms with Gasteiger partial charge in [0.1, 0.15) is 12.3 Å². The lowest BCUT2D eigenvalue weighted by Gasteiger charge is -2.28. The lowest BCUT2D eigenvalue weighted by molar-refractivity contribution is -0.137. The fourth-order valence-electron chi connectivity index (χ4n) is 5.27. The van der Waals surface area contributed by atoms with Crippen molar-refractivity contribution in [3.63, 3.8) is 0 Å². The van der Waals surface area contributed by atoms with Crippen molar-refractivity contribution in [1.29, 1.82) is 0 Å². The molecule has 0 atom stereocenters. The van der Waals surface area contributed by atoms with Crippen molar-refractivity contribution in [2.24, 2.45) is 0 Å². The Labute approximate surface area is 295 Å². The van der Waals surface area contributed by atoms with E-state index in [2.05, 4.69) is 4.98 Å². The Morgan fingerprint density at radius 1 is 1.02 bits per heavy atom. The second-order valence-corrected chi connectivity index (χ2v) is 12.1. The van der Waals surface area contributed by atoms with E-state index in [1.54, 1.807) is 0 Å². The van der Waals surface area contributed by atoms with Gasteiger partial charge in [-0.2, -0.15) is 18.2 Å². The van der Waals surface area contributed by atoms with E-state index in [0.29, 0.717) is 37.2 Å². The summed E-state index contributed by atoms with van der Waals surface area (Å²) in [7, 11) is 0. The highest BCUT2D eigenvalue weighted by Crippen LogP contribution is 2.32. The van der Waals surface area contributed by atoms with Crippen LogP contribution in [0, 0.1) is 12.7 Å². The molecule has 0 unspecified atom stereocenters. The number of hydrogen-bond acceptors (Lipinski definition) is 5. The van der Waals surface area contributed by atoms with Gasteiger partial charge in [0, 0.05) is 36.6 Å². The van der Waals surface area contributed by atoms with Gasteiger partial charge < -0.3 is 14.4 Å². The number of hydrogen-bond donors (Lipinski definition) is 0. The zero-order valence-electron chi connectivity index (χ0n) is 35.7. The molecule has 1 aromatic heterocycles. The SMILES string of the molecule is [2H]c1c([2H])c(-c2c([2H])c([2H])c(C(F)(F)F)c([2H])c2[2H])c([2H])c(C)c1CN(CCN(CC)CC)C(=O)C([2H])([2H])n1c(SCc2ccc(F)cc2)nc(=O)c2c1CCC2. The van der Waals surface area contributed by atoms with E-state index in [-0.39, 0.29) is 47.1 Å². The van der Waals surface area contributed by atoms with Crippen LogP contribution in [0.15, 0.2) is 76.5 Å². The van der Waals surface area contributed by atoms with Gasteiger partial charge in [0.25, 0.3) is 5.56 Å². The molecule has 6 nitrogen and oxygen atoms in total. The van der Waals surface area contributed by atoms with Crippen LogP contribution >= 0.6 is 11.8 Å². The zero-order valence-corrected chi connectivity index (χ0v) is 27.5. The summed E-state index contributed by atoms with van der Waals surface area (Å²) < 4.78 is 134. The topological polar surface area (TPSA) is 58.4 Å². The molecule has 1 amide bonds. The average Bonchev–Trinajstić information content (AvgIpc) is 3.65. The van der Waals surface area contributed by atoms with Crippen LogP contribution in [0.3, 0.4) is 0 Å². The molecule has 0 saturated heterocycles. The number of rotatable bonds is 13. The van der Waals surface area contributed by atoms with E-state index in [1.165, 1.54) is 31.2 Å². The number of amides is 1. The fourth-order valence-corrected chi connectivity index (χ4v) is 6.19. The first kappa shape index (κ1) is 25.1. The molecule has 1 aliphatic rings. The summed E-state index contributed by atoms with van der Waals surface area (Å²) in [6.45, 7) is 3.08. The predicted molar refractivity (Wildman–Crippen MR) is 181 cm³/mol. The molecule has 0 N–H and O–H groups in total. The number of carbonyl (C=O) groups is 1. The Hall–Kier alpha value is -3.96. The van der Waals surface area contributed by atoms with Crippen LogP contribution in [0.5, 0.6) is 0 Å². The van der Waals surface area contributed by atoms with Crippen LogP contribution in [0.25, 0.3) is 11.1 Å². The van der Waals surface area contributed by atoms with Gasteiger partial charge in [0.2, 0.25) is 5.91 Å². The van der Waals surface area contributed by atoms with Crippen LogP contribution in [0.1, 0.15) is 66.1 Å². The fraction of sp³-hybridized carbons (Fsp3) is 0.378. The number of carbonyl (C=O) groups excluding carboxylic acids is 1. The Balaban J connectivity index is 1.62. The average molecular weight is 690 g/mol. The molecule has 254 valence electrons. The Morgan fingerprint density at radius 3 is 2.38 bits per heavy atom. The molecule has 0 fully saturated rings. The van der Waals surface area contributed by atoms with Gasteiger partial charge in [-0.3, -0.25) is 9.59 Å². The van der Waals surface area contributed by atoms with Gasteiger partial charge >= 0.3 is 6.18 Å². The summed E-state index contributed by atoms with van der Waals surface area (Å²) in [5, 5.41) is -0.0768. The maximum Gasteiger partial charge on any atom is 0.416 e. The van der Waals surface area contributed by atoms with E-state index in [1.807, 2.05) is 18.7 Å². The molecular weight excluding hydrogens is 640 g/mol. The molecule has 0 bridgehead atoms. The molecule has 0 radical (unpaired) electrons. The van der Waals surface area contributed by atoms with E-state index < -0.39 is 95.5 Å². The molecule has 0 aliphatic heterocycles. The maximum absolute atomic E-state index is 14.7. The first-order valence-electron chi connectivity index (χ1n) is 20.0. The molecule has 48 heavy (non-hydrogen) atoms. The van der Waals surface area contributed by atoms with Crippen LogP contribution in [0.4, 0.5) is 17.6 Å². The van der Waals surface area contributed by atoms with Crippen molar-refractivity contribution in [1.82, 2.24) is 19.4 Å². The summed E-state index contributed by atoms with van der Waals surface area (Å²) in [6, 6.07) is -1.51. The normalized spacial score (nSPS) is 15.8. The van der Waals surface area contributed by atoms with Gasteiger partial charge in [0.05, 0.1) is 17.9 Å². The van der Waals surface area contributed by atoms with Crippen LogP contribution in [-0.2, 0) is 42.6 Å². The Morgan fingerprint density at radius 2 is 1.71 bits per heavy atom. The second kappa shape index (κ2) is 15.5. The van der Waals surface area contributed by atoms with Crippen molar-refractivity contribution >= 4 is 17.7 Å². The smallest absolute Gasteiger partial charge is 0.336 e. The Bertz CT molecular complexity index is 2210. The van der Waals surface area contributed by atoms with Crippen molar-refractivity contribution in [3.05, 3.63) is 116 Å². The van der Waals surface area contributed by atoms with Gasteiger partial charge in [-0.15, -0.1) is 0 Å². The number of thioether (sulfide) groups is 1. The number of benzene rings is 3. The molecule has 0 saturated carbocycles. The summed E-state index contributed by atoms with van der Waals surface area (Å²) in [4.78, 5) is 35.1. The van der Waals surface area contributed by atoms with E-state index >= 15 is 0 Å². The van der Waals surface area contributed by atoms with E-state index in [4.69, 9.17) is 9.60 Å². The summed E-state index contributed by atoms with van der Waals surface area (Å²) >= 11 is 0.997. The number of likely N-dealkylation sites (N-methyl/N-ethyl adjacent to an activating group) is 1. The highest BCUT2D eigenvalue weighted by atomic mass is 32.2. The molecule has 5 rings (SSSR count). The second-order valence-electron chi connectivity index (χ2n) is 11.2. The first-order valence-corrected chi connectivity index (χ1v) is 16.5. The van der Waals surface area contributed by atoms with Crippen molar-refractivity contribution < 1.29 is 34.7 Å². The standard InChI is InChI=1S/C37H40F4N4O2S/c1-4-43(5-2)19-20-44(22-29-12-11-28(21-25(29)3)27-13-15-30(16-14-27)37(39,40)41)34(46)23-45-33-8-6-7-32(33)35(47)42-36(45)48-24-26-9-17-31(38)18-10-26/h9-18,21H,4-8,19-20,22-24H2,1-3H3/i11D,12D,13D,14D,15D,16D,21D,23D2. The molecule has 4 aromatic rings. The van der Waals surface area contributed by atoms with E-state index in [9.17, 15) is 29.9 Å². The lowest BCUT2D eigenvalue weighted by Crippen LogP contribution is -2.40. The van der Waals surface area contributed by atoms with Crippen LogP contribution in [-0.4, -0.2) is 51.4 Å². The minimum absolute atomic E-state index is 0.0505. The van der Waals surface area contributed by atoms with Gasteiger partial charge in [-0.1, -0.05) is 68.0 Å². The minimum Gasteiger partial charge on any atom is -0.336 e. The number of aromatic nitrogens is 2. The highest BCUT2D eigenvalue weighted by molar-refractivity contribution is 7.98. The largest absolute Gasteiger partial charge is 0.416 e. The zero-order chi connectivity index (χ0) is 42.3. The molecule has 11 heteroatoms. The van der Waals surface area contributed by atoms with Crippen LogP contribution in [0.2, 0.25) is 0 Å². The third kappa shape index (κ3) is 8.54. The number of fused-ring (bicyclic) bond motifs is 1. The van der Waals surface area contributed by atoms with Gasteiger partial charge in [-0.05, 0) is 91.3 Å². The minimum atomic E-state index is -5.23. The third-order valence-corrected chi connectivity index (χ3v) is 9.08. The van der Waals surface area contributed by atoms with Crippen LogP contribution < -0.4 is 5.56 Å². The summed E-state index contributed by atoms with van der Waals surface area (Å²) in [5.41, 5.74) is -2.60. The molecule has 1 aliphatic carbocycles. The summed E-state index contributed by atoms with van der Waals surface area (Å²) in [5.74, 6) is -1.37. The predicted octanol–water partition coefficient (Wildman–Crippen LogP) is 7.53. The molecule has 3 aromatic carbocycles. The van der Waals surface area contributed by atoms with E-state index in [0.717, 1.165) is 21.2 Å². The van der Waals surface area contributed by atoms with Crippen molar-refractivity contribution in [2.45, 2.75) is 70.2 Å². The number of alkyl halides is 3. The molecule has 1 heterocycles. The van der Waals surface area contributed by atoms with Gasteiger partial charge in [-0.25, -0.2) is 4.39 Å². The summed E-state index contributed by atoms with van der Waals surface area (Å²) in [6.07, 6.45) is -4.10. The third-order valence-electron chi connectivity index (χ3n) is 8.07. The Kier molecular flexibility index (Phi) is 8.10. The van der Waals surface area contributed by atoms with Gasteiger partial charge in [0.15, 0.2) is 5.16 Å². The number of halogens is 4. The molecule has 0 spiro atoms.